The Hall–Kier alpha value is -3.35. The largest absolute Gasteiger partial charge is 0.482 e. The summed E-state index contributed by atoms with van der Waals surface area (Å²) in [5, 5.41) is 2.67. The lowest BCUT2D eigenvalue weighted by Crippen LogP contribution is -2.25. The second-order valence-electron chi connectivity index (χ2n) is 6.18. The van der Waals surface area contributed by atoms with E-state index in [1.54, 1.807) is 25.1 Å². The van der Waals surface area contributed by atoms with Crippen LogP contribution in [0.5, 0.6) is 5.75 Å². The van der Waals surface area contributed by atoms with E-state index in [1.165, 1.54) is 0 Å². The van der Waals surface area contributed by atoms with Gasteiger partial charge in [0.05, 0.1) is 30.9 Å². The smallest absolute Gasteiger partial charge is 0.338 e. The van der Waals surface area contributed by atoms with Gasteiger partial charge in [-0.15, -0.1) is 0 Å². The Bertz CT molecular complexity index is 892. The number of carbonyl (C=O) groups excluding carboxylic acids is 3. The summed E-state index contributed by atoms with van der Waals surface area (Å²) in [5.74, 6) is -0.558. The van der Waals surface area contributed by atoms with Crippen molar-refractivity contribution in [2.24, 2.45) is 0 Å². The Kier molecular flexibility index (Phi) is 6.26. The molecule has 1 N–H and O–H groups in total. The fourth-order valence-corrected chi connectivity index (χ4v) is 2.88. The number of carbonyl (C=O) groups is 3. The van der Waals surface area contributed by atoms with Crippen LogP contribution in [0.4, 0.5) is 5.69 Å². The lowest BCUT2D eigenvalue weighted by molar-refractivity contribution is -0.142. The summed E-state index contributed by atoms with van der Waals surface area (Å²) in [6.45, 7) is 2.20. The minimum atomic E-state index is -0.480. The van der Waals surface area contributed by atoms with Crippen molar-refractivity contribution >= 4 is 23.5 Å². The van der Waals surface area contributed by atoms with Crippen LogP contribution in [0.2, 0.25) is 0 Å². The van der Waals surface area contributed by atoms with Gasteiger partial charge in [0.2, 0.25) is 0 Å². The van der Waals surface area contributed by atoms with Crippen molar-refractivity contribution in [2.75, 3.05) is 25.1 Å². The van der Waals surface area contributed by atoms with Gasteiger partial charge in [-0.3, -0.25) is 9.59 Å². The monoisotopic (exact) mass is 383 g/mol. The number of amides is 1. The van der Waals surface area contributed by atoms with Crippen molar-refractivity contribution < 1.29 is 28.6 Å². The number of hydrogen-bond acceptors (Lipinski definition) is 6. The Morgan fingerprint density at radius 2 is 1.89 bits per heavy atom. The van der Waals surface area contributed by atoms with Crippen LogP contribution in [0.1, 0.15) is 28.4 Å². The van der Waals surface area contributed by atoms with Gasteiger partial charge in [0, 0.05) is 6.42 Å². The maximum Gasteiger partial charge on any atom is 0.338 e. The van der Waals surface area contributed by atoms with Gasteiger partial charge in [0.1, 0.15) is 5.75 Å². The van der Waals surface area contributed by atoms with Crippen LogP contribution in [0, 0.1) is 0 Å². The molecule has 146 valence electrons. The van der Waals surface area contributed by atoms with E-state index in [9.17, 15) is 14.4 Å². The van der Waals surface area contributed by atoms with Crippen molar-refractivity contribution in [1.82, 2.24) is 0 Å². The molecule has 1 aliphatic heterocycles. The van der Waals surface area contributed by atoms with E-state index in [4.69, 9.17) is 14.2 Å². The van der Waals surface area contributed by atoms with Crippen molar-refractivity contribution in [1.29, 1.82) is 0 Å². The van der Waals surface area contributed by atoms with Crippen molar-refractivity contribution in [3.8, 4) is 5.75 Å². The first kappa shape index (κ1) is 19.4. The summed E-state index contributed by atoms with van der Waals surface area (Å²) in [5.41, 5.74) is 2.66. The quantitative estimate of drug-likeness (QED) is 0.739. The normalized spacial score (nSPS) is 12.4. The summed E-state index contributed by atoms with van der Waals surface area (Å²) < 4.78 is 15.7. The average Bonchev–Trinajstić information content (AvgIpc) is 2.69. The minimum absolute atomic E-state index is 0.0806. The third-order valence-corrected chi connectivity index (χ3v) is 4.21. The van der Waals surface area contributed by atoms with Crippen molar-refractivity contribution in [3.05, 3.63) is 59.2 Å². The van der Waals surface area contributed by atoms with Crippen LogP contribution < -0.4 is 10.1 Å². The molecule has 0 aromatic heterocycles. The minimum Gasteiger partial charge on any atom is -0.482 e. The van der Waals surface area contributed by atoms with Crippen LogP contribution >= 0.6 is 0 Å². The first-order chi connectivity index (χ1) is 13.6. The molecule has 0 aliphatic carbocycles. The van der Waals surface area contributed by atoms with Crippen molar-refractivity contribution in [3.63, 3.8) is 0 Å². The first-order valence-electron chi connectivity index (χ1n) is 9.03. The molecule has 0 radical (unpaired) electrons. The Balaban J connectivity index is 1.57. The zero-order valence-corrected chi connectivity index (χ0v) is 15.5. The molecule has 0 saturated carbocycles. The summed E-state index contributed by atoms with van der Waals surface area (Å²) in [6.07, 6.45) is 0.671. The summed E-state index contributed by atoms with van der Waals surface area (Å²) in [7, 11) is 0. The predicted octanol–water partition coefficient (Wildman–Crippen LogP) is 2.52. The summed E-state index contributed by atoms with van der Waals surface area (Å²) in [6, 6.07) is 12.2. The van der Waals surface area contributed by atoms with Crippen molar-refractivity contribution in [2.45, 2.75) is 19.8 Å². The highest BCUT2D eigenvalue weighted by Gasteiger charge is 2.18. The highest BCUT2D eigenvalue weighted by Crippen LogP contribution is 2.28. The molecule has 0 atom stereocenters. The predicted molar refractivity (Wildman–Crippen MR) is 101 cm³/mol. The molecule has 2 aromatic carbocycles. The van der Waals surface area contributed by atoms with E-state index in [2.05, 4.69) is 5.32 Å². The van der Waals surface area contributed by atoms with Gasteiger partial charge >= 0.3 is 11.9 Å². The second kappa shape index (κ2) is 9.03. The fraction of sp³-hybridized carbons (Fsp3) is 0.286. The van der Waals surface area contributed by atoms with E-state index in [1.807, 2.05) is 24.3 Å². The summed E-state index contributed by atoms with van der Waals surface area (Å²) in [4.78, 5) is 35.3. The average molecular weight is 383 g/mol. The molecule has 28 heavy (non-hydrogen) atoms. The number of esters is 2. The lowest BCUT2D eigenvalue weighted by atomic mass is 10.0. The van der Waals surface area contributed by atoms with Gasteiger partial charge in [0.25, 0.3) is 5.91 Å². The number of fused-ring (bicyclic) bond motifs is 1. The Morgan fingerprint density at radius 3 is 2.68 bits per heavy atom. The molecule has 1 amide bonds. The standard InChI is InChI=1S/C21H21NO6/c1-2-26-20(24)12-15-6-4-3-5-14(15)9-10-27-21(25)16-7-8-17-18(11-16)28-13-19(23)22-17/h3-8,11H,2,9-10,12-13H2,1H3,(H,22,23). The highest BCUT2D eigenvalue weighted by atomic mass is 16.5. The molecule has 1 aliphatic rings. The van der Waals surface area contributed by atoms with E-state index < -0.39 is 5.97 Å². The second-order valence-corrected chi connectivity index (χ2v) is 6.18. The molecular formula is C21H21NO6. The van der Waals surface area contributed by atoms with E-state index in [-0.39, 0.29) is 31.5 Å². The van der Waals surface area contributed by atoms with Crippen LogP contribution in [0.25, 0.3) is 0 Å². The number of benzene rings is 2. The zero-order chi connectivity index (χ0) is 19.9. The lowest BCUT2D eigenvalue weighted by Gasteiger charge is -2.18. The van der Waals surface area contributed by atoms with Crippen LogP contribution in [-0.2, 0) is 31.9 Å². The topological polar surface area (TPSA) is 90.9 Å². The summed E-state index contributed by atoms with van der Waals surface area (Å²) >= 11 is 0. The molecule has 0 saturated heterocycles. The van der Waals surface area contributed by atoms with Gasteiger partial charge in [-0.1, -0.05) is 24.3 Å². The maximum atomic E-state index is 12.3. The molecule has 0 unspecified atom stereocenters. The number of rotatable bonds is 7. The molecule has 7 nitrogen and oxygen atoms in total. The third-order valence-electron chi connectivity index (χ3n) is 4.21. The Morgan fingerprint density at radius 1 is 1.11 bits per heavy atom. The zero-order valence-electron chi connectivity index (χ0n) is 15.5. The number of ether oxygens (including phenoxy) is 3. The van der Waals surface area contributed by atoms with Gasteiger partial charge in [0.15, 0.2) is 6.61 Å². The molecule has 1 heterocycles. The van der Waals surface area contributed by atoms with Gasteiger partial charge in [-0.2, -0.15) is 0 Å². The fourth-order valence-electron chi connectivity index (χ4n) is 2.88. The highest BCUT2D eigenvalue weighted by molar-refractivity contribution is 5.97. The maximum absolute atomic E-state index is 12.3. The number of hydrogen-bond donors (Lipinski definition) is 1. The van der Waals surface area contributed by atoms with E-state index in [0.29, 0.717) is 30.0 Å². The van der Waals surface area contributed by atoms with Gasteiger partial charge in [-0.05, 0) is 36.2 Å². The van der Waals surface area contributed by atoms with E-state index >= 15 is 0 Å². The van der Waals surface area contributed by atoms with Crippen LogP contribution in [0.15, 0.2) is 42.5 Å². The molecule has 0 spiro atoms. The molecule has 7 heteroatoms. The molecule has 0 fully saturated rings. The Labute approximate surface area is 162 Å². The van der Waals surface area contributed by atoms with Gasteiger partial charge in [-0.25, -0.2) is 4.79 Å². The first-order valence-corrected chi connectivity index (χ1v) is 9.03. The SMILES string of the molecule is CCOC(=O)Cc1ccccc1CCOC(=O)c1ccc2c(c1)OCC(=O)N2. The third kappa shape index (κ3) is 4.88. The van der Waals surface area contributed by atoms with E-state index in [0.717, 1.165) is 11.1 Å². The molecule has 2 aromatic rings. The van der Waals surface area contributed by atoms with Crippen LogP contribution in [0.3, 0.4) is 0 Å². The molecule has 0 bridgehead atoms. The van der Waals surface area contributed by atoms with Gasteiger partial charge < -0.3 is 19.5 Å². The van der Waals surface area contributed by atoms with Crippen LogP contribution in [-0.4, -0.2) is 37.7 Å². The molecule has 3 rings (SSSR count). The molecular weight excluding hydrogens is 362 g/mol. The number of anilines is 1. The number of nitrogens with one attached hydrogen (secondary N) is 1.